The van der Waals surface area contributed by atoms with Gasteiger partial charge in [0, 0.05) is 55.9 Å². The molecule has 0 spiro atoms. The van der Waals surface area contributed by atoms with E-state index in [2.05, 4.69) is 60.7 Å². The van der Waals surface area contributed by atoms with E-state index < -0.39 is 44.7 Å². The van der Waals surface area contributed by atoms with Crippen LogP contribution in [0.25, 0.3) is 0 Å². The van der Waals surface area contributed by atoms with E-state index in [-0.39, 0.29) is 55.9 Å². The molecule has 0 bridgehead atoms. The van der Waals surface area contributed by atoms with Crippen LogP contribution in [0.3, 0.4) is 0 Å². The molecule has 5 aromatic carbocycles. The van der Waals surface area contributed by atoms with Crippen LogP contribution in [0, 0.1) is 0 Å². The van der Waals surface area contributed by atoms with Crippen molar-refractivity contribution in [1.29, 1.82) is 0 Å². The number of carboxylic acid groups (broad SMARTS) is 4. The molecule has 23 heteroatoms. The Morgan fingerprint density at radius 2 is 0.425 bits per heavy atom. The number of carboxylic acids is 4. The fraction of sp³-hybridized carbons (Fsp3) is 0.404. The summed E-state index contributed by atoms with van der Waals surface area (Å²) >= 11 is 0. The molecule has 18 N–H and O–H groups in total. The monoisotopic (exact) mass is 1160 g/mol. The van der Waals surface area contributed by atoms with Crippen LogP contribution in [-0.2, 0) is 72.1 Å². The fourth-order valence-corrected chi connectivity index (χ4v) is 6.03. The first kappa shape index (κ1) is 80.0. The molecule has 21 nitrogen and oxygen atoms in total. The lowest BCUT2D eigenvalue weighted by molar-refractivity contribution is -0.139. The van der Waals surface area contributed by atoms with Gasteiger partial charge in [0.25, 0.3) is 0 Å². The second-order valence-electron chi connectivity index (χ2n) is 18.2. The fourth-order valence-electron chi connectivity index (χ4n) is 6.03. The molecular formula is C57H89N5O16S2. The zero-order chi connectivity index (χ0) is 62.0. The van der Waals surface area contributed by atoms with E-state index in [1.165, 1.54) is 27.8 Å². The Morgan fingerprint density at radius 3 is 0.512 bits per heavy atom. The second kappa shape index (κ2) is 50.7. The quantitative estimate of drug-likeness (QED) is 0.0259. The topological polar surface area (TPSA) is 428 Å². The van der Waals surface area contributed by atoms with Crippen molar-refractivity contribution in [3.8, 4) is 0 Å². The number of carbonyl (C=O) groups is 4. The number of hydrogen-bond donors (Lipinski definition) is 13. The Hall–Kier alpha value is -6.48. The molecule has 80 heavy (non-hydrogen) atoms. The lowest BCUT2D eigenvalue weighted by Crippen LogP contribution is -2.17. The standard InChI is InChI=1S/5C9H13N.2C6H10O4.2H2O4S/c5*1-8(10)7-9-5-3-2-4-6-9;2*7-5(8)3-1-2-4-6(9)10;2*1-5(2,3)4/h5*2-6,8H,7,10H2,1H3;2*1-4H2,(H,7,8)(H,9,10);2*(H2,1,2,3,4)/t2*8-;;;;;;;/m00......./s1. The van der Waals surface area contributed by atoms with Gasteiger partial charge in [-0.05, 0) is 120 Å². The Balaban J connectivity index is -0.000000410. The number of benzene rings is 5. The molecule has 0 amide bonds. The zero-order valence-corrected chi connectivity index (χ0v) is 48.2. The van der Waals surface area contributed by atoms with Crippen molar-refractivity contribution >= 4 is 44.7 Å². The number of hydrogen-bond acceptors (Lipinski definition) is 13. The molecule has 450 valence electrons. The molecule has 0 aliphatic carbocycles. The van der Waals surface area contributed by atoms with E-state index in [1.807, 2.05) is 126 Å². The summed E-state index contributed by atoms with van der Waals surface area (Å²) in [6, 6.07) is 52.8. The molecular weight excluding hydrogens is 1070 g/mol. The van der Waals surface area contributed by atoms with Crippen LogP contribution in [0.15, 0.2) is 152 Å². The van der Waals surface area contributed by atoms with Crippen molar-refractivity contribution in [1.82, 2.24) is 0 Å². The maximum atomic E-state index is 9.90. The summed E-state index contributed by atoms with van der Waals surface area (Å²) in [6.45, 7) is 10.1. The highest BCUT2D eigenvalue weighted by Gasteiger charge is 2.01. The van der Waals surface area contributed by atoms with Gasteiger partial charge < -0.3 is 49.1 Å². The first-order valence-electron chi connectivity index (χ1n) is 25.4. The number of unbranched alkanes of at least 4 members (excludes halogenated alkanes) is 2. The molecule has 0 fully saturated rings. The predicted molar refractivity (Wildman–Crippen MR) is 315 cm³/mol. The smallest absolute Gasteiger partial charge is 0.394 e. The van der Waals surface area contributed by atoms with Gasteiger partial charge in [0.05, 0.1) is 0 Å². The van der Waals surface area contributed by atoms with Crippen molar-refractivity contribution in [2.45, 2.75) is 148 Å². The SMILES string of the molecule is CC(N)Cc1ccccc1.CC(N)Cc1ccccc1.CC(N)Cc1ccccc1.C[C@H](N)Cc1ccccc1.C[C@H](N)Cc1ccccc1.O=C(O)CCCCC(=O)O.O=C(O)CCCCC(=O)O.O=S(=O)(O)O.O=S(=O)(O)O. The minimum absolute atomic E-state index is 0.0628. The zero-order valence-electron chi connectivity index (χ0n) is 46.6. The Kier molecular flexibility index (Phi) is 50.7. The third kappa shape index (κ3) is 78.0. The number of nitrogens with two attached hydrogens (primary N) is 5. The molecule has 0 heterocycles. The van der Waals surface area contributed by atoms with E-state index in [9.17, 15) is 19.2 Å². The molecule has 3 unspecified atom stereocenters. The Bertz CT molecular complexity index is 2120. The van der Waals surface area contributed by atoms with Crippen LogP contribution < -0.4 is 28.7 Å². The van der Waals surface area contributed by atoms with Gasteiger partial charge in [0.2, 0.25) is 0 Å². The summed E-state index contributed by atoms with van der Waals surface area (Å²) < 4.78 is 63.2. The van der Waals surface area contributed by atoms with E-state index in [1.54, 1.807) is 0 Å². The average molecular weight is 1160 g/mol. The van der Waals surface area contributed by atoms with Crippen LogP contribution in [0.4, 0.5) is 0 Å². The largest absolute Gasteiger partial charge is 0.481 e. The van der Waals surface area contributed by atoms with Crippen LogP contribution in [-0.4, -0.2) is 110 Å². The van der Waals surface area contributed by atoms with Gasteiger partial charge in [-0.25, -0.2) is 0 Å². The summed E-state index contributed by atoms with van der Waals surface area (Å²) in [5.41, 5.74) is 34.7. The molecule has 0 aliphatic heterocycles. The summed E-state index contributed by atoms with van der Waals surface area (Å²) in [7, 11) is -9.33. The van der Waals surface area contributed by atoms with E-state index in [4.69, 9.17) is 84.1 Å². The van der Waals surface area contributed by atoms with E-state index in [0.29, 0.717) is 25.7 Å². The van der Waals surface area contributed by atoms with Crippen LogP contribution >= 0.6 is 0 Å². The van der Waals surface area contributed by atoms with Crippen LogP contribution in [0.1, 0.15) is 114 Å². The lowest BCUT2D eigenvalue weighted by Gasteiger charge is -2.02. The summed E-state index contributed by atoms with van der Waals surface area (Å²) in [6.07, 6.45) is 6.90. The van der Waals surface area contributed by atoms with Gasteiger partial charge >= 0.3 is 44.7 Å². The summed E-state index contributed by atoms with van der Waals surface area (Å²) in [5.74, 6) is -3.48. The van der Waals surface area contributed by atoms with Crippen molar-refractivity contribution in [2.24, 2.45) is 28.7 Å². The summed E-state index contributed by atoms with van der Waals surface area (Å²) in [5, 5.41) is 32.5. The van der Waals surface area contributed by atoms with Gasteiger partial charge in [0.1, 0.15) is 0 Å². The Labute approximate surface area is 473 Å². The van der Waals surface area contributed by atoms with Gasteiger partial charge in [-0.3, -0.25) is 37.4 Å². The van der Waals surface area contributed by atoms with Gasteiger partial charge in [0.15, 0.2) is 0 Å². The van der Waals surface area contributed by atoms with Crippen LogP contribution in [0.2, 0.25) is 0 Å². The van der Waals surface area contributed by atoms with Crippen molar-refractivity contribution in [3.63, 3.8) is 0 Å². The third-order valence-corrected chi connectivity index (χ3v) is 9.07. The van der Waals surface area contributed by atoms with Crippen molar-refractivity contribution in [2.75, 3.05) is 0 Å². The average Bonchev–Trinajstić information content (AvgIpc) is 3.32. The van der Waals surface area contributed by atoms with Gasteiger partial charge in [-0.2, -0.15) is 16.8 Å². The number of rotatable bonds is 20. The molecule has 0 saturated heterocycles. The molecule has 5 rings (SSSR count). The minimum atomic E-state index is -4.67. The van der Waals surface area contributed by atoms with E-state index >= 15 is 0 Å². The van der Waals surface area contributed by atoms with Crippen molar-refractivity contribution < 1.29 is 74.7 Å². The van der Waals surface area contributed by atoms with Gasteiger partial charge in [-0.15, -0.1) is 0 Å². The predicted octanol–water partition coefficient (Wildman–Crippen LogP) is 8.01. The molecule has 5 atom stereocenters. The summed E-state index contributed by atoms with van der Waals surface area (Å²) in [4.78, 5) is 39.6. The molecule has 5 aromatic rings. The normalized spacial score (nSPS) is 11.9. The first-order valence-corrected chi connectivity index (χ1v) is 28.2. The first-order chi connectivity index (χ1) is 37.2. The second-order valence-corrected chi connectivity index (χ2v) is 20.0. The van der Waals surface area contributed by atoms with Crippen molar-refractivity contribution in [3.05, 3.63) is 179 Å². The molecule has 0 radical (unpaired) electrons. The van der Waals surface area contributed by atoms with Crippen LogP contribution in [0.5, 0.6) is 0 Å². The maximum absolute atomic E-state index is 9.90. The molecule has 0 aliphatic rings. The lowest BCUT2D eigenvalue weighted by atomic mass is 10.1. The molecule has 0 aromatic heterocycles. The molecule has 0 saturated carbocycles. The highest BCUT2D eigenvalue weighted by atomic mass is 32.3. The Morgan fingerprint density at radius 1 is 0.312 bits per heavy atom. The minimum Gasteiger partial charge on any atom is -0.481 e. The highest BCUT2D eigenvalue weighted by Crippen LogP contribution is 2.05. The maximum Gasteiger partial charge on any atom is 0.394 e. The van der Waals surface area contributed by atoms with E-state index in [0.717, 1.165) is 32.1 Å². The highest BCUT2D eigenvalue weighted by molar-refractivity contribution is 7.80. The number of aliphatic carboxylic acids is 4. The van der Waals surface area contributed by atoms with Gasteiger partial charge in [-0.1, -0.05) is 152 Å². The third-order valence-electron chi connectivity index (χ3n) is 9.07.